The van der Waals surface area contributed by atoms with Crippen molar-refractivity contribution >= 4 is 0 Å². The summed E-state index contributed by atoms with van der Waals surface area (Å²) in [5.74, 6) is 0.884. The minimum atomic E-state index is -2.49. The summed E-state index contributed by atoms with van der Waals surface area (Å²) in [7, 11) is 1.48. The molecule has 1 fully saturated rings. The summed E-state index contributed by atoms with van der Waals surface area (Å²) in [6, 6.07) is 3.25. The number of ether oxygens (including phenoxy) is 1. The Kier molecular flexibility index (Phi) is 4.75. The monoisotopic (exact) mass is 269 g/mol. The lowest BCUT2D eigenvalue weighted by molar-refractivity contribution is 0.146. The van der Waals surface area contributed by atoms with Crippen molar-refractivity contribution in [3.8, 4) is 5.75 Å². The molecule has 19 heavy (non-hydrogen) atoms. The number of benzene rings is 1. The Hall–Kier alpha value is -1.16. The Morgan fingerprint density at radius 3 is 2.79 bits per heavy atom. The normalized spacial score (nSPS) is 19.7. The van der Waals surface area contributed by atoms with Gasteiger partial charge in [0.25, 0.3) is 6.43 Å². The fourth-order valence-corrected chi connectivity index (χ4v) is 2.80. The molecule has 1 aromatic carbocycles. The molecule has 1 aliphatic heterocycles. The smallest absolute Gasteiger partial charge is 0.267 e. The molecule has 2 nitrogen and oxygen atoms in total. The standard InChI is InChI=1S/C15H21F2NO/c1-10-5-6-12(15(16)17)14(19-2)13(10)8-11-4-3-7-18-9-11/h5-6,11,15,18H,3-4,7-9H2,1-2H3. The number of piperidine rings is 1. The Bertz CT molecular complexity index is 428. The molecular formula is C15H21F2NO. The summed E-state index contributed by atoms with van der Waals surface area (Å²) in [6.07, 6.45) is 0.622. The second-order valence-corrected chi connectivity index (χ2v) is 5.20. The van der Waals surface area contributed by atoms with Gasteiger partial charge in [0.15, 0.2) is 0 Å². The third-order valence-electron chi connectivity index (χ3n) is 3.86. The van der Waals surface area contributed by atoms with Crippen LogP contribution in [0.5, 0.6) is 5.75 Å². The maximum absolute atomic E-state index is 13.0. The van der Waals surface area contributed by atoms with Crippen LogP contribution in [-0.4, -0.2) is 20.2 Å². The van der Waals surface area contributed by atoms with Crippen LogP contribution >= 0.6 is 0 Å². The van der Waals surface area contributed by atoms with Gasteiger partial charge in [-0.3, -0.25) is 0 Å². The molecular weight excluding hydrogens is 248 g/mol. The molecule has 1 aliphatic rings. The van der Waals surface area contributed by atoms with E-state index in [1.165, 1.54) is 13.2 Å². The molecule has 106 valence electrons. The molecule has 1 atom stereocenters. The Morgan fingerprint density at radius 1 is 1.42 bits per heavy atom. The molecule has 0 bridgehead atoms. The van der Waals surface area contributed by atoms with Crippen molar-refractivity contribution < 1.29 is 13.5 Å². The molecule has 0 amide bonds. The number of aryl methyl sites for hydroxylation is 1. The molecule has 1 aromatic rings. The van der Waals surface area contributed by atoms with Crippen LogP contribution in [0.4, 0.5) is 8.78 Å². The van der Waals surface area contributed by atoms with Gasteiger partial charge in [0, 0.05) is 0 Å². The Morgan fingerprint density at radius 2 is 2.21 bits per heavy atom. The highest BCUT2D eigenvalue weighted by atomic mass is 19.3. The van der Waals surface area contributed by atoms with Gasteiger partial charge >= 0.3 is 0 Å². The summed E-state index contributed by atoms with van der Waals surface area (Å²) in [5, 5.41) is 3.36. The van der Waals surface area contributed by atoms with Crippen LogP contribution in [0.2, 0.25) is 0 Å². The quantitative estimate of drug-likeness (QED) is 0.903. The average Bonchev–Trinajstić information content (AvgIpc) is 2.41. The van der Waals surface area contributed by atoms with E-state index in [9.17, 15) is 8.78 Å². The highest BCUT2D eigenvalue weighted by Gasteiger charge is 2.22. The molecule has 0 radical (unpaired) electrons. The van der Waals surface area contributed by atoms with Crippen LogP contribution in [0.3, 0.4) is 0 Å². The van der Waals surface area contributed by atoms with Gasteiger partial charge in [-0.1, -0.05) is 6.07 Å². The zero-order chi connectivity index (χ0) is 13.8. The van der Waals surface area contributed by atoms with E-state index in [-0.39, 0.29) is 5.56 Å². The minimum Gasteiger partial charge on any atom is -0.496 e. The van der Waals surface area contributed by atoms with Gasteiger partial charge in [0.1, 0.15) is 5.75 Å². The largest absolute Gasteiger partial charge is 0.496 e. The summed E-state index contributed by atoms with van der Waals surface area (Å²) >= 11 is 0. The SMILES string of the molecule is COc1c(C(F)F)ccc(C)c1CC1CCCNC1. The number of hydrogen-bond donors (Lipinski definition) is 1. The predicted octanol–water partition coefficient (Wildman–Crippen LogP) is 3.48. The minimum absolute atomic E-state index is 0.00636. The summed E-state index contributed by atoms with van der Waals surface area (Å²) in [5.41, 5.74) is 1.98. The van der Waals surface area contributed by atoms with Crippen LogP contribution in [-0.2, 0) is 6.42 Å². The summed E-state index contributed by atoms with van der Waals surface area (Å²) in [4.78, 5) is 0. The van der Waals surface area contributed by atoms with E-state index in [1.54, 1.807) is 6.07 Å². The first-order chi connectivity index (χ1) is 9.13. The fourth-order valence-electron chi connectivity index (χ4n) is 2.80. The molecule has 0 aliphatic carbocycles. The molecule has 1 heterocycles. The van der Waals surface area contributed by atoms with E-state index in [4.69, 9.17) is 4.74 Å². The molecule has 4 heteroatoms. The summed E-state index contributed by atoms with van der Waals surface area (Å²) < 4.78 is 31.3. The topological polar surface area (TPSA) is 21.3 Å². The van der Waals surface area contributed by atoms with Gasteiger partial charge in [0.2, 0.25) is 0 Å². The fraction of sp³-hybridized carbons (Fsp3) is 0.600. The molecule has 0 aromatic heterocycles. The van der Waals surface area contributed by atoms with Crippen molar-refractivity contribution in [1.29, 1.82) is 0 Å². The number of hydrogen-bond acceptors (Lipinski definition) is 2. The lowest BCUT2D eigenvalue weighted by Gasteiger charge is -2.25. The second-order valence-electron chi connectivity index (χ2n) is 5.20. The van der Waals surface area contributed by atoms with Crippen molar-refractivity contribution in [1.82, 2.24) is 5.32 Å². The van der Waals surface area contributed by atoms with Crippen LogP contribution in [0, 0.1) is 12.8 Å². The van der Waals surface area contributed by atoms with Gasteiger partial charge in [-0.15, -0.1) is 0 Å². The van der Waals surface area contributed by atoms with Gasteiger partial charge in [-0.25, -0.2) is 8.78 Å². The first-order valence-electron chi connectivity index (χ1n) is 6.78. The van der Waals surface area contributed by atoms with Gasteiger partial charge < -0.3 is 10.1 Å². The van der Waals surface area contributed by atoms with Crippen molar-refractivity contribution in [2.24, 2.45) is 5.92 Å². The number of methoxy groups -OCH3 is 1. The lowest BCUT2D eigenvalue weighted by atomic mass is 9.89. The molecule has 0 saturated carbocycles. The third kappa shape index (κ3) is 3.24. The maximum atomic E-state index is 13.0. The molecule has 0 spiro atoms. The number of rotatable bonds is 4. The van der Waals surface area contributed by atoms with Crippen molar-refractivity contribution in [3.63, 3.8) is 0 Å². The highest BCUT2D eigenvalue weighted by Crippen LogP contribution is 2.35. The van der Waals surface area contributed by atoms with Crippen LogP contribution < -0.4 is 10.1 Å². The third-order valence-corrected chi connectivity index (χ3v) is 3.86. The zero-order valence-corrected chi connectivity index (χ0v) is 11.5. The number of alkyl halides is 2. The molecule has 2 rings (SSSR count). The molecule has 1 unspecified atom stereocenters. The van der Waals surface area contributed by atoms with Gasteiger partial charge in [0.05, 0.1) is 12.7 Å². The van der Waals surface area contributed by atoms with Gasteiger partial charge in [-0.05, 0) is 62.4 Å². The average molecular weight is 269 g/mol. The Balaban J connectivity index is 2.28. The van der Waals surface area contributed by atoms with E-state index in [1.807, 2.05) is 6.92 Å². The van der Waals surface area contributed by atoms with E-state index < -0.39 is 6.43 Å². The van der Waals surface area contributed by atoms with Crippen molar-refractivity contribution in [2.75, 3.05) is 20.2 Å². The zero-order valence-electron chi connectivity index (χ0n) is 11.5. The second kappa shape index (κ2) is 6.33. The van der Waals surface area contributed by atoms with Crippen molar-refractivity contribution in [3.05, 3.63) is 28.8 Å². The van der Waals surface area contributed by atoms with E-state index in [2.05, 4.69) is 5.32 Å². The van der Waals surface area contributed by atoms with Gasteiger partial charge in [-0.2, -0.15) is 0 Å². The molecule has 1 N–H and O–H groups in total. The highest BCUT2D eigenvalue weighted by molar-refractivity contribution is 5.47. The van der Waals surface area contributed by atoms with Crippen LogP contribution in [0.25, 0.3) is 0 Å². The van der Waals surface area contributed by atoms with Crippen molar-refractivity contribution in [2.45, 2.75) is 32.6 Å². The van der Waals surface area contributed by atoms with E-state index >= 15 is 0 Å². The Labute approximate surface area is 113 Å². The van der Waals surface area contributed by atoms with E-state index in [0.29, 0.717) is 11.7 Å². The van der Waals surface area contributed by atoms with Crippen LogP contribution in [0.1, 0.15) is 36.0 Å². The number of halogens is 2. The molecule has 1 saturated heterocycles. The summed E-state index contributed by atoms with van der Waals surface area (Å²) in [6.45, 7) is 3.98. The maximum Gasteiger partial charge on any atom is 0.267 e. The van der Waals surface area contributed by atoms with Crippen LogP contribution in [0.15, 0.2) is 12.1 Å². The van der Waals surface area contributed by atoms with E-state index in [0.717, 1.165) is 43.5 Å². The first-order valence-corrected chi connectivity index (χ1v) is 6.78. The first kappa shape index (κ1) is 14.3. The number of nitrogens with one attached hydrogen (secondary N) is 1. The predicted molar refractivity (Wildman–Crippen MR) is 72.0 cm³/mol. The lowest BCUT2D eigenvalue weighted by Crippen LogP contribution is -2.31.